The van der Waals surface area contributed by atoms with E-state index in [4.69, 9.17) is 29.0 Å². The maximum absolute atomic E-state index is 14.0. The molecule has 14 heteroatoms. The number of nitrogens with zero attached hydrogens (tertiary/aromatic N) is 4. The summed E-state index contributed by atoms with van der Waals surface area (Å²) in [6.07, 6.45) is 19.2. The molecule has 3 N–H and O–H groups in total. The molecule has 3 heterocycles. The summed E-state index contributed by atoms with van der Waals surface area (Å²) in [5, 5.41) is 13.5. The smallest absolute Gasteiger partial charge is 0.382 e. The number of fused-ring (bicyclic) bond motifs is 1. The van der Waals surface area contributed by atoms with Crippen molar-refractivity contribution in [3.05, 3.63) is 59.3 Å². The van der Waals surface area contributed by atoms with Crippen LogP contribution in [0.5, 0.6) is 0 Å². The van der Waals surface area contributed by atoms with Crippen molar-refractivity contribution in [2.45, 2.75) is 141 Å². The molecule has 1 aliphatic heterocycles. The minimum atomic E-state index is -4.52. The summed E-state index contributed by atoms with van der Waals surface area (Å²) >= 11 is 0. The molecular formula is C39H59FN5O7P. The third kappa shape index (κ3) is 15.0. The topological polar surface area (TPSA) is 163 Å². The molecule has 53 heavy (non-hydrogen) atoms. The maximum Gasteiger partial charge on any atom is 0.472 e. The molecule has 1 saturated heterocycles. The molecule has 0 bridgehead atoms. The largest absolute Gasteiger partial charge is 0.472 e. The molecule has 0 radical (unpaired) electrons. The molecular weight excluding hydrogens is 700 g/mol. The fourth-order valence-corrected chi connectivity index (χ4v) is 7.50. The van der Waals surface area contributed by atoms with Gasteiger partial charge in [-0.05, 0) is 62.1 Å². The zero-order chi connectivity index (χ0) is 37.9. The summed E-state index contributed by atoms with van der Waals surface area (Å²) < 4.78 is 57.6. The van der Waals surface area contributed by atoms with Crippen LogP contribution in [0.3, 0.4) is 0 Å². The first-order valence-electron chi connectivity index (χ1n) is 19.4. The fraction of sp³-hybridized carbons (Fsp3) is 0.667. The Kier molecular flexibility index (Phi) is 18.1. The second-order valence-electron chi connectivity index (χ2n) is 14.4. The number of nitriles is 1. The van der Waals surface area contributed by atoms with Gasteiger partial charge in [-0.15, -0.1) is 0 Å². The van der Waals surface area contributed by atoms with Crippen LogP contribution in [0.15, 0.2) is 36.7 Å². The number of benzene rings is 1. The molecule has 1 fully saturated rings. The first-order chi connectivity index (χ1) is 25.6. The van der Waals surface area contributed by atoms with E-state index in [1.54, 1.807) is 4.52 Å². The molecule has 0 aliphatic carbocycles. The lowest BCUT2D eigenvalue weighted by atomic mass is 10.0. The molecule has 1 aromatic carbocycles. The average molecular weight is 760 g/mol. The van der Waals surface area contributed by atoms with Crippen molar-refractivity contribution in [2.75, 3.05) is 32.2 Å². The highest BCUT2D eigenvalue weighted by Crippen LogP contribution is 2.47. The van der Waals surface area contributed by atoms with E-state index in [9.17, 15) is 19.1 Å². The molecule has 0 saturated carbocycles. The van der Waals surface area contributed by atoms with Crippen LogP contribution in [0, 0.1) is 17.1 Å². The first-order valence-corrected chi connectivity index (χ1v) is 20.9. The molecule has 0 amide bonds. The Hall–Kier alpha value is -2.95. The molecule has 0 spiro atoms. The van der Waals surface area contributed by atoms with Crippen molar-refractivity contribution in [2.24, 2.45) is 0 Å². The van der Waals surface area contributed by atoms with Gasteiger partial charge >= 0.3 is 7.82 Å². The molecule has 12 nitrogen and oxygen atoms in total. The monoisotopic (exact) mass is 759 g/mol. The Bertz CT molecular complexity index is 1620. The van der Waals surface area contributed by atoms with Crippen LogP contribution in [0.1, 0.15) is 140 Å². The quantitative estimate of drug-likeness (QED) is 0.0563. The molecule has 1 unspecified atom stereocenters. The SMILES string of the molecule is CCCCCCCCCCCCCCCCOC[C@H](COP(=O)(O)OC[C@]1(C)CC[C@H](c2ccc3c(N)ncnn23)O1)OCc1cc(F)cc(C#N)c1. The van der Waals surface area contributed by atoms with Gasteiger partial charge in [-0.1, -0.05) is 90.4 Å². The van der Waals surface area contributed by atoms with Crippen molar-refractivity contribution in [3.63, 3.8) is 0 Å². The van der Waals surface area contributed by atoms with Crippen LogP contribution in [0.2, 0.25) is 0 Å². The van der Waals surface area contributed by atoms with Gasteiger partial charge in [0.15, 0.2) is 5.82 Å². The van der Waals surface area contributed by atoms with Gasteiger partial charge in [0.25, 0.3) is 0 Å². The highest BCUT2D eigenvalue weighted by molar-refractivity contribution is 7.47. The van der Waals surface area contributed by atoms with Gasteiger partial charge in [-0.25, -0.2) is 18.5 Å². The number of ether oxygens (including phenoxy) is 3. The summed E-state index contributed by atoms with van der Waals surface area (Å²) in [6.45, 7) is 4.15. The Morgan fingerprint density at radius 1 is 1.04 bits per heavy atom. The van der Waals surface area contributed by atoms with Crippen LogP contribution >= 0.6 is 7.82 Å². The minimum absolute atomic E-state index is 0.0441. The number of nitrogen functional groups attached to an aromatic ring is 1. The van der Waals surface area contributed by atoms with Crippen LogP contribution in [0.4, 0.5) is 10.2 Å². The number of phosphoric ester groups is 1. The van der Waals surface area contributed by atoms with E-state index in [2.05, 4.69) is 17.0 Å². The van der Waals surface area contributed by atoms with Gasteiger partial charge in [0.1, 0.15) is 29.9 Å². The van der Waals surface area contributed by atoms with Gasteiger partial charge in [0.05, 0.1) is 49.4 Å². The molecule has 2 aromatic heterocycles. The van der Waals surface area contributed by atoms with E-state index in [1.807, 2.05) is 25.1 Å². The third-order valence-corrected chi connectivity index (χ3v) is 10.6. The number of anilines is 1. The molecule has 294 valence electrons. The van der Waals surface area contributed by atoms with Crippen molar-refractivity contribution in [1.29, 1.82) is 5.26 Å². The molecule has 1 aliphatic rings. The highest BCUT2D eigenvalue weighted by atomic mass is 31.2. The maximum atomic E-state index is 14.0. The van der Waals surface area contributed by atoms with Crippen LogP contribution in [-0.4, -0.2) is 57.6 Å². The number of hydrogen-bond donors (Lipinski definition) is 2. The predicted molar refractivity (Wildman–Crippen MR) is 201 cm³/mol. The van der Waals surface area contributed by atoms with E-state index in [-0.39, 0.29) is 38.1 Å². The number of aromatic nitrogens is 3. The molecule has 4 rings (SSSR count). The van der Waals surface area contributed by atoms with E-state index in [1.165, 1.54) is 89.1 Å². The number of halogens is 1. The lowest BCUT2D eigenvalue weighted by molar-refractivity contribution is -0.0710. The second kappa shape index (κ2) is 22.4. The Morgan fingerprint density at radius 2 is 1.72 bits per heavy atom. The predicted octanol–water partition coefficient (Wildman–Crippen LogP) is 9.15. The zero-order valence-corrected chi connectivity index (χ0v) is 32.5. The van der Waals surface area contributed by atoms with Gasteiger partial charge < -0.3 is 24.8 Å². The van der Waals surface area contributed by atoms with E-state index >= 15 is 0 Å². The van der Waals surface area contributed by atoms with Crippen LogP contribution in [0.25, 0.3) is 5.52 Å². The second-order valence-corrected chi connectivity index (χ2v) is 15.9. The van der Waals surface area contributed by atoms with E-state index in [0.717, 1.165) is 31.0 Å². The summed E-state index contributed by atoms with van der Waals surface area (Å²) in [6, 6.07) is 9.60. The van der Waals surface area contributed by atoms with Crippen LogP contribution < -0.4 is 5.73 Å². The summed E-state index contributed by atoms with van der Waals surface area (Å²) in [5.41, 5.74) is 7.22. The van der Waals surface area contributed by atoms with Crippen molar-refractivity contribution in [1.82, 2.24) is 14.6 Å². The number of rotatable bonds is 27. The summed E-state index contributed by atoms with van der Waals surface area (Å²) in [4.78, 5) is 14.6. The Morgan fingerprint density at radius 3 is 2.40 bits per heavy atom. The van der Waals surface area contributed by atoms with Crippen molar-refractivity contribution < 1.29 is 37.1 Å². The summed E-state index contributed by atoms with van der Waals surface area (Å²) in [7, 11) is -4.52. The Labute approximate surface area is 314 Å². The van der Waals surface area contributed by atoms with Gasteiger partial charge in [0.2, 0.25) is 0 Å². The minimum Gasteiger partial charge on any atom is -0.382 e. The van der Waals surface area contributed by atoms with Gasteiger partial charge in [-0.2, -0.15) is 10.4 Å². The van der Waals surface area contributed by atoms with Gasteiger partial charge in [0, 0.05) is 6.61 Å². The van der Waals surface area contributed by atoms with Gasteiger partial charge in [-0.3, -0.25) is 9.05 Å². The van der Waals surface area contributed by atoms with Crippen LogP contribution in [-0.2, 0) is 34.4 Å². The normalized spacial score (nSPS) is 19.0. The standard InChI is InChI=1S/C39H59FN5O7P/c1-3-4-5-6-7-8-9-10-11-12-13-14-15-16-21-48-27-34(49-26-32-22-31(25-41)23-33(40)24-32)28-50-53(46,47)51-29-39(2)20-19-37(52-39)35-17-18-36-38(42)43-30-44-45(35)36/h17-18,22-24,30,34,37H,3-16,19-21,26-29H2,1-2H3,(H,46,47)(H2,42,43,44)/t34-,37-,39+/m1/s1. The first kappa shape index (κ1) is 42.8. The fourth-order valence-electron chi connectivity index (χ4n) is 6.63. The van der Waals surface area contributed by atoms with E-state index in [0.29, 0.717) is 36.3 Å². The number of unbranched alkanes of at least 4 members (excludes halogenated alkanes) is 13. The number of hydrogen-bond acceptors (Lipinski definition) is 10. The number of nitrogens with two attached hydrogens (primary N) is 1. The lowest BCUT2D eigenvalue weighted by Gasteiger charge is -2.26. The molecule has 4 atom stereocenters. The van der Waals surface area contributed by atoms with Crippen molar-refractivity contribution >= 4 is 19.2 Å². The van der Waals surface area contributed by atoms with Crippen molar-refractivity contribution in [3.8, 4) is 6.07 Å². The number of phosphoric acid groups is 1. The Balaban J connectivity index is 1.17. The summed E-state index contributed by atoms with van der Waals surface area (Å²) in [5.74, 6) is -0.191. The third-order valence-electron chi connectivity index (χ3n) is 9.68. The van der Waals surface area contributed by atoms with E-state index < -0.39 is 25.3 Å². The zero-order valence-electron chi connectivity index (χ0n) is 31.6. The lowest BCUT2D eigenvalue weighted by Crippen LogP contribution is -2.30. The molecule has 3 aromatic rings. The average Bonchev–Trinajstić information content (AvgIpc) is 3.76. The highest BCUT2D eigenvalue weighted by Gasteiger charge is 2.40.